The van der Waals surface area contributed by atoms with Crippen molar-refractivity contribution in [1.29, 1.82) is 0 Å². The van der Waals surface area contributed by atoms with E-state index in [9.17, 15) is 8.42 Å². The predicted octanol–water partition coefficient (Wildman–Crippen LogP) is 1.45. The first kappa shape index (κ1) is 10.4. The summed E-state index contributed by atoms with van der Waals surface area (Å²) in [6, 6.07) is 4.54. The van der Waals surface area contributed by atoms with Crippen LogP contribution in [0, 0.1) is 0 Å². The van der Waals surface area contributed by atoms with Crippen molar-refractivity contribution in [3.8, 4) is 0 Å². The Hall–Kier alpha value is -0.650. The Balaban J connectivity index is 3.30. The molecule has 0 atom stereocenters. The molecule has 0 fully saturated rings. The van der Waals surface area contributed by atoms with E-state index in [1.165, 1.54) is 12.1 Å². The Bertz CT molecular complexity index is 412. The molecule has 0 saturated heterocycles. The van der Waals surface area contributed by atoms with Crippen LogP contribution in [0.15, 0.2) is 28.0 Å². The minimum absolute atomic E-state index is 0.123. The van der Waals surface area contributed by atoms with Crippen molar-refractivity contribution in [2.75, 3.05) is 0 Å². The van der Waals surface area contributed by atoms with Gasteiger partial charge in [0.05, 0.1) is 4.90 Å². The van der Waals surface area contributed by atoms with Gasteiger partial charge in [-0.1, -0.05) is 19.6 Å². The van der Waals surface area contributed by atoms with Gasteiger partial charge in [0, 0.05) is 4.90 Å². The van der Waals surface area contributed by atoms with Gasteiger partial charge < -0.3 is 0 Å². The molecule has 13 heavy (non-hydrogen) atoms. The summed E-state index contributed by atoms with van der Waals surface area (Å²) in [6.07, 6.45) is 0.711. The van der Waals surface area contributed by atoms with E-state index < -0.39 is 10.0 Å². The van der Waals surface area contributed by atoms with Gasteiger partial charge in [-0.3, -0.25) is 0 Å². The molecule has 0 spiro atoms. The summed E-state index contributed by atoms with van der Waals surface area (Å²) in [4.78, 5) is 0.799. The van der Waals surface area contributed by atoms with Gasteiger partial charge in [0.25, 0.3) is 0 Å². The standard InChI is InChI=1S/C8H10NO2S2/c1-2-6-5-7(13(9,10)11)3-4-8(6)12/h3-5H,2H2,1H3,(H2,9,10,11). The Morgan fingerprint density at radius 1 is 1.46 bits per heavy atom. The molecular weight excluding hydrogens is 206 g/mol. The first-order valence-electron chi connectivity index (χ1n) is 3.78. The van der Waals surface area contributed by atoms with Gasteiger partial charge in [-0.05, 0) is 30.2 Å². The maximum absolute atomic E-state index is 11.0. The van der Waals surface area contributed by atoms with Crippen LogP contribution in [0.25, 0.3) is 0 Å². The molecule has 0 saturated carbocycles. The van der Waals surface area contributed by atoms with E-state index in [0.717, 1.165) is 5.56 Å². The zero-order valence-corrected chi connectivity index (χ0v) is 8.78. The molecule has 0 aliphatic rings. The van der Waals surface area contributed by atoms with Gasteiger partial charge in [0.15, 0.2) is 0 Å². The highest BCUT2D eigenvalue weighted by atomic mass is 32.2. The van der Waals surface area contributed by atoms with Crippen LogP contribution in [0.3, 0.4) is 0 Å². The van der Waals surface area contributed by atoms with Gasteiger partial charge in [-0.15, -0.1) is 0 Å². The molecule has 1 aromatic carbocycles. The number of hydrogen-bond donors (Lipinski definition) is 1. The van der Waals surface area contributed by atoms with Crippen LogP contribution in [0.4, 0.5) is 0 Å². The van der Waals surface area contributed by atoms with E-state index in [1.54, 1.807) is 6.07 Å². The number of benzene rings is 1. The molecular formula is C8H10NO2S2. The minimum Gasteiger partial charge on any atom is -0.225 e. The predicted molar refractivity (Wildman–Crippen MR) is 53.1 cm³/mol. The average Bonchev–Trinajstić information content (AvgIpc) is 2.03. The fourth-order valence-corrected chi connectivity index (χ4v) is 1.84. The molecule has 71 valence electrons. The quantitative estimate of drug-likeness (QED) is 0.813. The molecule has 1 aromatic rings. The van der Waals surface area contributed by atoms with Crippen molar-refractivity contribution >= 4 is 22.7 Å². The molecule has 0 aromatic heterocycles. The monoisotopic (exact) mass is 216 g/mol. The first-order chi connectivity index (χ1) is 5.95. The van der Waals surface area contributed by atoms with Gasteiger partial charge in [-0.2, -0.15) is 0 Å². The summed E-state index contributed by atoms with van der Waals surface area (Å²) in [6.45, 7) is 1.91. The van der Waals surface area contributed by atoms with E-state index in [-0.39, 0.29) is 4.90 Å². The average molecular weight is 216 g/mol. The second-order valence-electron chi connectivity index (χ2n) is 2.67. The molecule has 1 rings (SSSR count). The molecule has 0 aliphatic heterocycles. The lowest BCUT2D eigenvalue weighted by Gasteiger charge is -2.03. The second-order valence-corrected chi connectivity index (χ2v) is 4.67. The zero-order valence-electron chi connectivity index (χ0n) is 7.15. The molecule has 1 radical (unpaired) electrons. The van der Waals surface area contributed by atoms with Gasteiger partial charge in [0.1, 0.15) is 0 Å². The van der Waals surface area contributed by atoms with Crippen molar-refractivity contribution in [3.05, 3.63) is 23.8 Å². The summed E-state index contributed by atoms with van der Waals surface area (Å²) < 4.78 is 21.9. The maximum atomic E-state index is 11.0. The first-order valence-corrected chi connectivity index (χ1v) is 5.73. The van der Waals surface area contributed by atoms with E-state index in [0.29, 0.717) is 11.3 Å². The third-order valence-electron chi connectivity index (χ3n) is 1.74. The van der Waals surface area contributed by atoms with Crippen LogP contribution in [0.1, 0.15) is 12.5 Å². The summed E-state index contributed by atoms with van der Waals surface area (Å²) in [5.41, 5.74) is 0.835. The summed E-state index contributed by atoms with van der Waals surface area (Å²) in [7, 11) is -3.60. The smallest absolute Gasteiger partial charge is 0.225 e. The normalized spacial score (nSPS) is 11.5. The van der Waals surface area contributed by atoms with Crippen molar-refractivity contribution in [3.63, 3.8) is 0 Å². The number of aryl methyl sites for hydroxylation is 1. The molecule has 0 heterocycles. The Labute approximate surface area is 83.4 Å². The van der Waals surface area contributed by atoms with E-state index in [2.05, 4.69) is 0 Å². The third kappa shape index (κ3) is 2.40. The van der Waals surface area contributed by atoms with Gasteiger partial charge >= 0.3 is 0 Å². The van der Waals surface area contributed by atoms with Crippen LogP contribution in [-0.4, -0.2) is 8.42 Å². The van der Waals surface area contributed by atoms with E-state index >= 15 is 0 Å². The number of primary sulfonamides is 1. The van der Waals surface area contributed by atoms with E-state index in [1.807, 2.05) is 6.92 Å². The number of rotatable bonds is 2. The summed E-state index contributed by atoms with van der Waals surface area (Å²) >= 11 is 5.00. The van der Waals surface area contributed by atoms with E-state index in [4.69, 9.17) is 17.8 Å². The molecule has 2 N–H and O–H groups in total. The lowest BCUT2D eigenvalue weighted by atomic mass is 10.2. The molecule has 5 heteroatoms. The zero-order chi connectivity index (χ0) is 10.1. The summed E-state index contributed by atoms with van der Waals surface area (Å²) in [5.74, 6) is 0. The topological polar surface area (TPSA) is 60.2 Å². The Morgan fingerprint density at radius 3 is 2.54 bits per heavy atom. The fraction of sp³-hybridized carbons (Fsp3) is 0.250. The molecule has 0 bridgehead atoms. The second kappa shape index (κ2) is 3.61. The third-order valence-corrected chi connectivity index (χ3v) is 3.05. The number of nitrogens with two attached hydrogens (primary N) is 1. The van der Waals surface area contributed by atoms with Crippen LogP contribution >= 0.6 is 12.6 Å². The number of hydrogen-bond acceptors (Lipinski definition) is 2. The van der Waals surface area contributed by atoms with Crippen molar-refractivity contribution in [2.45, 2.75) is 23.1 Å². The minimum atomic E-state index is -3.60. The van der Waals surface area contributed by atoms with Crippen LogP contribution < -0.4 is 5.14 Å². The van der Waals surface area contributed by atoms with Gasteiger partial charge in [0.2, 0.25) is 10.0 Å². The molecule has 0 aliphatic carbocycles. The Morgan fingerprint density at radius 2 is 2.08 bits per heavy atom. The van der Waals surface area contributed by atoms with Crippen LogP contribution in [0.5, 0.6) is 0 Å². The fourth-order valence-electron chi connectivity index (χ4n) is 1.01. The highest BCUT2D eigenvalue weighted by Crippen LogP contribution is 2.18. The summed E-state index contributed by atoms with van der Waals surface area (Å²) in [5, 5.41) is 4.97. The molecule has 0 unspecified atom stereocenters. The largest absolute Gasteiger partial charge is 0.238 e. The number of sulfonamides is 1. The van der Waals surface area contributed by atoms with Crippen LogP contribution in [0.2, 0.25) is 0 Å². The molecule has 0 amide bonds. The highest BCUT2D eigenvalue weighted by Gasteiger charge is 2.09. The SMILES string of the molecule is CCc1cc(S(N)(=O)=O)ccc1[S]. The highest BCUT2D eigenvalue weighted by molar-refractivity contribution is 7.89. The Kier molecular flexibility index (Phi) is 2.90. The van der Waals surface area contributed by atoms with Gasteiger partial charge in [-0.25, -0.2) is 13.6 Å². The van der Waals surface area contributed by atoms with Crippen molar-refractivity contribution in [1.82, 2.24) is 0 Å². The molecule has 3 nitrogen and oxygen atoms in total. The lowest BCUT2D eigenvalue weighted by molar-refractivity contribution is 0.597. The van der Waals surface area contributed by atoms with Crippen LogP contribution in [-0.2, 0) is 16.4 Å². The van der Waals surface area contributed by atoms with Crippen molar-refractivity contribution in [2.24, 2.45) is 5.14 Å². The van der Waals surface area contributed by atoms with Crippen molar-refractivity contribution < 1.29 is 8.42 Å². The maximum Gasteiger partial charge on any atom is 0.238 e. The lowest BCUT2D eigenvalue weighted by Crippen LogP contribution is -2.12.